The molecule has 174 valence electrons. The van der Waals surface area contributed by atoms with Gasteiger partial charge in [-0.15, -0.1) is 0 Å². The molecular formula is C22H21F3N4O4. The molecule has 1 saturated carbocycles. The van der Waals surface area contributed by atoms with Crippen molar-refractivity contribution >= 4 is 11.8 Å². The van der Waals surface area contributed by atoms with Gasteiger partial charge in [-0.2, -0.15) is 0 Å². The van der Waals surface area contributed by atoms with Gasteiger partial charge < -0.3 is 15.3 Å². The Kier molecular flexibility index (Phi) is 4.69. The fourth-order valence-electron chi connectivity index (χ4n) is 5.02. The molecule has 5 rings (SSSR count). The molecule has 11 heteroatoms. The molecule has 2 fully saturated rings. The minimum atomic E-state index is -1.19. The number of carbonyl (C=O) groups excluding carboxylic acids is 2. The van der Waals surface area contributed by atoms with Crippen LogP contribution in [0.5, 0.6) is 5.75 Å². The van der Waals surface area contributed by atoms with Gasteiger partial charge in [0.15, 0.2) is 11.4 Å². The molecule has 2 aromatic rings. The van der Waals surface area contributed by atoms with Gasteiger partial charge in [0.25, 0.3) is 11.8 Å². The third kappa shape index (κ3) is 3.17. The average Bonchev–Trinajstić information content (AvgIpc) is 3.55. The van der Waals surface area contributed by atoms with Gasteiger partial charge in [-0.05, 0) is 32.1 Å². The molecule has 3 heterocycles. The maximum Gasteiger partial charge on any atom is 0.278 e. The van der Waals surface area contributed by atoms with Crippen molar-refractivity contribution in [3.05, 3.63) is 62.8 Å². The number of carbonyl (C=O) groups is 2. The van der Waals surface area contributed by atoms with Crippen LogP contribution >= 0.6 is 0 Å². The fourth-order valence-corrected chi connectivity index (χ4v) is 5.02. The number of benzene rings is 1. The number of halogens is 3. The van der Waals surface area contributed by atoms with Crippen LogP contribution in [0, 0.1) is 29.3 Å². The molecule has 0 radical (unpaired) electrons. The number of pyridine rings is 1. The van der Waals surface area contributed by atoms with Crippen molar-refractivity contribution in [1.82, 2.24) is 14.9 Å². The summed E-state index contributed by atoms with van der Waals surface area (Å²) in [5.74, 6) is -5.19. The molecule has 1 aromatic carbocycles. The minimum Gasteiger partial charge on any atom is -0.502 e. The predicted octanol–water partition coefficient (Wildman–Crippen LogP) is 1.68. The van der Waals surface area contributed by atoms with Crippen molar-refractivity contribution in [3.63, 3.8) is 0 Å². The summed E-state index contributed by atoms with van der Waals surface area (Å²) in [5.41, 5.74) is -2.36. The Morgan fingerprint density at radius 1 is 1.12 bits per heavy atom. The number of hydrogen-bond donors (Lipinski definition) is 2. The Morgan fingerprint density at radius 3 is 2.42 bits per heavy atom. The summed E-state index contributed by atoms with van der Waals surface area (Å²) in [4.78, 5) is 40.2. The molecule has 2 bridgehead atoms. The maximum absolute atomic E-state index is 13.9. The Morgan fingerprint density at radius 2 is 1.76 bits per heavy atom. The van der Waals surface area contributed by atoms with Gasteiger partial charge in [-0.3, -0.25) is 24.1 Å². The van der Waals surface area contributed by atoms with Gasteiger partial charge in [0.1, 0.15) is 29.7 Å². The van der Waals surface area contributed by atoms with Crippen LogP contribution in [0.25, 0.3) is 0 Å². The van der Waals surface area contributed by atoms with Crippen LogP contribution in [0.1, 0.15) is 46.7 Å². The van der Waals surface area contributed by atoms with E-state index in [1.807, 2.05) is 18.9 Å². The van der Waals surface area contributed by atoms with E-state index in [-0.39, 0.29) is 24.4 Å². The standard InChI is InChI=1S/C22H21F3N4O4/c1-9-12-5-13(12)10(2)29-8-27(9)22(33)18-20(31)19(30)15(7-28(18)29)21(32)26-6-14-16(24)3-11(23)4-17(14)25/h3-4,7,9-10,12-13,31H,5-6,8H2,1-2H3,(H,26,32)/t9-,10+,12-,13+/m0/s1. The first-order chi connectivity index (χ1) is 15.6. The zero-order chi connectivity index (χ0) is 23.8. The molecule has 2 amide bonds. The maximum atomic E-state index is 13.9. The molecule has 0 unspecified atom stereocenters. The molecule has 2 aliphatic heterocycles. The predicted molar refractivity (Wildman–Crippen MR) is 110 cm³/mol. The van der Waals surface area contributed by atoms with E-state index in [9.17, 15) is 32.7 Å². The smallest absolute Gasteiger partial charge is 0.278 e. The number of nitrogens with zero attached hydrogens (tertiary/aromatic N) is 3. The molecule has 8 nitrogen and oxygen atoms in total. The van der Waals surface area contributed by atoms with Crippen molar-refractivity contribution < 1.29 is 27.9 Å². The highest BCUT2D eigenvalue weighted by molar-refractivity contribution is 5.99. The van der Waals surface area contributed by atoms with Crippen molar-refractivity contribution in [2.75, 3.05) is 11.7 Å². The van der Waals surface area contributed by atoms with Crippen LogP contribution in [0.15, 0.2) is 23.1 Å². The molecular weight excluding hydrogens is 441 g/mol. The Balaban J connectivity index is 1.51. The number of aromatic nitrogens is 1. The topological polar surface area (TPSA) is 94.9 Å². The molecule has 1 saturated heterocycles. The van der Waals surface area contributed by atoms with Crippen LogP contribution in [-0.4, -0.2) is 45.2 Å². The van der Waals surface area contributed by atoms with E-state index in [0.29, 0.717) is 24.0 Å². The van der Waals surface area contributed by atoms with Gasteiger partial charge in [-0.1, -0.05) is 0 Å². The Bertz CT molecular complexity index is 1240. The highest BCUT2D eigenvalue weighted by Gasteiger charge is 2.54. The quantitative estimate of drug-likeness (QED) is 0.724. The van der Waals surface area contributed by atoms with Crippen molar-refractivity contribution in [2.24, 2.45) is 11.8 Å². The van der Waals surface area contributed by atoms with E-state index in [1.54, 1.807) is 4.90 Å². The highest BCUT2D eigenvalue weighted by Crippen LogP contribution is 2.49. The highest BCUT2D eigenvalue weighted by atomic mass is 19.1. The van der Waals surface area contributed by atoms with Gasteiger partial charge in [0, 0.05) is 42.5 Å². The summed E-state index contributed by atoms with van der Waals surface area (Å²) in [7, 11) is 0. The van der Waals surface area contributed by atoms with E-state index < -0.39 is 58.1 Å². The third-order valence-corrected chi connectivity index (χ3v) is 7.07. The van der Waals surface area contributed by atoms with E-state index >= 15 is 0 Å². The lowest BCUT2D eigenvalue weighted by Crippen LogP contribution is -2.58. The van der Waals surface area contributed by atoms with E-state index in [2.05, 4.69) is 5.32 Å². The van der Waals surface area contributed by atoms with Crippen LogP contribution in [0.2, 0.25) is 0 Å². The molecule has 1 aromatic heterocycles. The average molecular weight is 462 g/mol. The van der Waals surface area contributed by atoms with Crippen LogP contribution in [0.4, 0.5) is 13.2 Å². The first-order valence-corrected chi connectivity index (χ1v) is 10.6. The van der Waals surface area contributed by atoms with Crippen LogP contribution in [0.3, 0.4) is 0 Å². The van der Waals surface area contributed by atoms with Gasteiger partial charge in [0.05, 0.1) is 0 Å². The van der Waals surface area contributed by atoms with E-state index in [1.165, 1.54) is 10.9 Å². The number of nitrogens with one attached hydrogen (secondary N) is 1. The number of fused-ring (bicyclic) bond motifs is 5. The fraction of sp³-hybridized carbons (Fsp3) is 0.409. The minimum absolute atomic E-state index is 0.0190. The first-order valence-electron chi connectivity index (χ1n) is 10.6. The second kappa shape index (κ2) is 7.26. The van der Waals surface area contributed by atoms with E-state index in [4.69, 9.17) is 0 Å². The summed E-state index contributed by atoms with van der Waals surface area (Å²) in [5, 5.41) is 14.6. The Hall–Kier alpha value is -3.50. The van der Waals surface area contributed by atoms with Gasteiger partial charge in [0.2, 0.25) is 5.43 Å². The lowest BCUT2D eigenvalue weighted by Gasteiger charge is -2.43. The summed E-state index contributed by atoms with van der Waals surface area (Å²) in [6.45, 7) is 3.51. The van der Waals surface area contributed by atoms with Gasteiger partial charge >= 0.3 is 0 Å². The molecule has 1 aliphatic carbocycles. The number of hydrogen-bond acceptors (Lipinski definition) is 5. The summed E-state index contributed by atoms with van der Waals surface area (Å²) in [6.07, 6.45) is 2.12. The van der Waals surface area contributed by atoms with Crippen molar-refractivity contribution in [1.29, 1.82) is 0 Å². The largest absolute Gasteiger partial charge is 0.502 e. The zero-order valence-corrected chi connectivity index (χ0v) is 17.8. The molecule has 3 aliphatic rings. The Labute approximate surface area is 186 Å². The molecule has 4 atom stereocenters. The lowest BCUT2D eigenvalue weighted by atomic mass is 10.1. The normalized spacial score (nSPS) is 25.3. The first kappa shape index (κ1) is 21.4. The summed E-state index contributed by atoms with van der Waals surface area (Å²) >= 11 is 0. The zero-order valence-electron chi connectivity index (χ0n) is 17.8. The van der Waals surface area contributed by atoms with Crippen LogP contribution < -0.4 is 15.8 Å². The lowest BCUT2D eigenvalue weighted by molar-refractivity contribution is 0.0605. The number of rotatable bonds is 3. The number of aromatic hydroxyl groups is 1. The van der Waals surface area contributed by atoms with Crippen molar-refractivity contribution in [3.8, 4) is 5.75 Å². The van der Waals surface area contributed by atoms with E-state index in [0.717, 1.165) is 6.42 Å². The summed E-state index contributed by atoms with van der Waals surface area (Å²) in [6, 6.07) is 0.888. The second-order valence-electron chi connectivity index (χ2n) is 8.84. The molecule has 33 heavy (non-hydrogen) atoms. The number of amides is 2. The molecule has 2 N–H and O–H groups in total. The second-order valence-corrected chi connectivity index (χ2v) is 8.84. The SMILES string of the molecule is C[C@@H]1[C@H]2C[C@H]2[C@H](C)N2CN1n1cc(C(=O)NCc3c(F)cc(F)cc3F)c(=O)c(O)c1C2=O. The van der Waals surface area contributed by atoms with Gasteiger partial charge in [-0.25, -0.2) is 13.2 Å². The third-order valence-electron chi connectivity index (χ3n) is 7.07. The monoisotopic (exact) mass is 462 g/mol. The molecule has 0 spiro atoms. The van der Waals surface area contributed by atoms with Crippen LogP contribution in [-0.2, 0) is 6.54 Å². The summed E-state index contributed by atoms with van der Waals surface area (Å²) < 4.78 is 42.2. The van der Waals surface area contributed by atoms with Crippen molar-refractivity contribution in [2.45, 2.75) is 38.9 Å².